The minimum atomic E-state index is -0.670. The van der Waals surface area contributed by atoms with Crippen molar-refractivity contribution in [2.75, 3.05) is 13.1 Å². The number of hydrogen-bond donors (Lipinski definition) is 2. The Morgan fingerprint density at radius 1 is 1.64 bits per heavy atom. The van der Waals surface area contributed by atoms with E-state index in [0.717, 1.165) is 31.8 Å². The van der Waals surface area contributed by atoms with Gasteiger partial charge >= 0.3 is 5.97 Å². The molecule has 1 heterocycles. The first-order valence-electron chi connectivity index (χ1n) is 4.21. The van der Waals surface area contributed by atoms with E-state index in [1.54, 1.807) is 0 Å². The van der Waals surface area contributed by atoms with E-state index < -0.39 is 5.97 Å². The van der Waals surface area contributed by atoms with E-state index in [4.69, 9.17) is 5.11 Å². The lowest BCUT2D eigenvalue weighted by Gasteiger charge is -2.04. The largest absolute Gasteiger partial charge is 0.481 e. The van der Waals surface area contributed by atoms with Crippen molar-refractivity contribution in [3.05, 3.63) is 0 Å². The normalized spacial score (nSPS) is 23.8. The summed E-state index contributed by atoms with van der Waals surface area (Å²) in [7, 11) is 0. The van der Waals surface area contributed by atoms with Crippen LogP contribution in [0, 0.1) is 5.92 Å². The summed E-state index contributed by atoms with van der Waals surface area (Å²) >= 11 is 0. The van der Waals surface area contributed by atoms with E-state index in [1.807, 2.05) is 0 Å². The first-order chi connectivity index (χ1) is 5.29. The third-order valence-corrected chi connectivity index (χ3v) is 2.17. The van der Waals surface area contributed by atoms with Crippen LogP contribution in [0.1, 0.15) is 25.7 Å². The summed E-state index contributed by atoms with van der Waals surface area (Å²) in [5.41, 5.74) is 0. The van der Waals surface area contributed by atoms with E-state index in [2.05, 4.69) is 5.32 Å². The Balaban J connectivity index is 1.98. The van der Waals surface area contributed by atoms with Gasteiger partial charge in [0.1, 0.15) is 0 Å². The second-order valence-corrected chi connectivity index (χ2v) is 3.14. The summed E-state index contributed by atoms with van der Waals surface area (Å²) in [5, 5.41) is 11.6. The van der Waals surface area contributed by atoms with Gasteiger partial charge in [-0.05, 0) is 38.3 Å². The Morgan fingerprint density at radius 3 is 3.00 bits per heavy atom. The SMILES string of the molecule is O=C(O)CCCC1CCNC1. The number of carbonyl (C=O) groups is 1. The monoisotopic (exact) mass is 157 g/mol. The van der Waals surface area contributed by atoms with Crippen LogP contribution in [0.15, 0.2) is 0 Å². The van der Waals surface area contributed by atoms with E-state index >= 15 is 0 Å². The zero-order chi connectivity index (χ0) is 8.10. The predicted molar refractivity (Wildman–Crippen MR) is 42.5 cm³/mol. The molecular weight excluding hydrogens is 142 g/mol. The molecule has 0 spiro atoms. The van der Waals surface area contributed by atoms with Crippen LogP contribution in [0.5, 0.6) is 0 Å². The Morgan fingerprint density at radius 2 is 2.45 bits per heavy atom. The molecule has 0 saturated carbocycles. The molecule has 3 heteroatoms. The molecule has 1 saturated heterocycles. The molecule has 2 N–H and O–H groups in total. The number of nitrogens with one attached hydrogen (secondary N) is 1. The van der Waals surface area contributed by atoms with Gasteiger partial charge in [0.15, 0.2) is 0 Å². The van der Waals surface area contributed by atoms with Crippen LogP contribution in [0.2, 0.25) is 0 Å². The number of aliphatic carboxylic acids is 1. The second kappa shape index (κ2) is 4.34. The van der Waals surface area contributed by atoms with Crippen LogP contribution in [0.25, 0.3) is 0 Å². The molecule has 0 amide bonds. The zero-order valence-electron chi connectivity index (χ0n) is 6.68. The minimum Gasteiger partial charge on any atom is -0.481 e. The molecule has 3 nitrogen and oxygen atoms in total. The lowest BCUT2D eigenvalue weighted by molar-refractivity contribution is -0.137. The van der Waals surface area contributed by atoms with Crippen molar-refractivity contribution in [1.82, 2.24) is 5.32 Å². The van der Waals surface area contributed by atoms with Gasteiger partial charge in [-0.25, -0.2) is 0 Å². The standard InChI is InChI=1S/C8H15NO2/c10-8(11)3-1-2-7-4-5-9-6-7/h7,9H,1-6H2,(H,10,11). The van der Waals surface area contributed by atoms with Gasteiger partial charge in [-0.2, -0.15) is 0 Å². The van der Waals surface area contributed by atoms with Crippen LogP contribution in [-0.4, -0.2) is 24.2 Å². The molecule has 0 aromatic rings. The number of carboxylic acids is 1. The molecule has 0 aliphatic carbocycles. The van der Waals surface area contributed by atoms with Crippen molar-refractivity contribution in [3.8, 4) is 0 Å². The van der Waals surface area contributed by atoms with Gasteiger partial charge < -0.3 is 10.4 Å². The highest BCUT2D eigenvalue weighted by molar-refractivity contribution is 5.66. The highest BCUT2D eigenvalue weighted by atomic mass is 16.4. The van der Waals surface area contributed by atoms with Crippen molar-refractivity contribution < 1.29 is 9.90 Å². The molecule has 0 radical (unpaired) electrons. The van der Waals surface area contributed by atoms with Crippen LogP contribution >= 0.6 is 0 Å². The van der Waals surface area contributed by atoms with Gasteiger partial charge in [0.05, 0.1) is 0 Å². The molecule has 11 heavy (non-hydrogen) atoms. The molecule has 1 atom stereocenters. The first-order valence-corrected chi connectivity index (χ1v) is 4.21. The van der Waals surface area contributed by atoms with Gasteiger partial charge in [0.25, 0.3) is 0 Å². The van der Waals surface area contributed by atoms with Gasteiger partial charge in [0, 0.05) is 6.42 Å². The van der Waals surface area contributed by atoms with Crippen molar-refractivity contribution in [2.45, 2.75) is 25.7 Å². The summed E-state index contributed by atoms with van der Waals surface area (Å²) in [6, 6.07) is 0. The molecule has 1 rings (SSSR count). The maximum absolute atomic E-state index is 10.2. The van der Waals surface area contributed by atoms with Crippen molar-refractivity contribution in [2.24, 2.45) is 5.92 Å². The number of carboxylic acid groups (broad SMARTS) is 1. The third kappa shape index (κ3) is 3.37. The summed E-state index contributed by atoms with van der Waals surface area (Å²) < 4.78 is 0. The maximum atomic E-state index is 10.2. The van der Waals surface area contributed by atoms with Crippen molar-refractivity contribution >= 4 is 5.97 Å². The molecule has 1 aliphatic heterocycles. The van der Waals surface area contributed by atoms with Crippen LogP contribution in [0.4, 0.5) is 0 Å². The van der Waals surface area contributed by atoms with Gasteiger partial charge in [-0.1, -0.05) is 0 Å². The molecule has 0 bridgehead atoms. The molecular formula is C8H15NO2. The average Bonchev–Trinajstić information content (AvgIpc) is 2.39. The highest BCUT2D eigenvalue weighted by Gasteiger charge is 2.13. The minimum absolute atomic E-state index is 0.330. The molecule has 1 unspecified atom stereocenters. The molecule has 1 fully saturated rings. The summed E-state index contributed by atoms with van der Waals surface area (Å²) in [6.45, 7) is 2.19. The fourth-order valence-electron chi connectivity index (χ4n) is 1.50. The highest BCUT2D eigenvalue weighted by Crippen LogP contribution is 2.14. The van der Waals surface area contributed by atoms with Crippen molar-refractivity contribution in [3.63, 3.8) is 0 Å². The number of hydrogen-bond acceptors (Lipinski definition) is 2. The zero-order valence-corrected chi connectivity index (χ0v) is 6.68. The third-order valence-electron chi connectivity index (χ3n) is 2.17. The molecule has 0 aromatic heterocycles. The molecule has 1 aliphatic rings. The molecule has 0 aromatic carbocycles. The lowest BCUT2D eigenvalue weighted by Crippen LogP contribution is -2.09. The Labute approximate surface area is 66.8 Å². The number of rotatable bonds is 4. The smallest absolute Gasteiger partial charge is 0.303 e. The summed E-state index contributed by atoms with van der Waals surface area (Å²) in [5.74, 6) is 0.0605. The van der Waals surface area contributed by atoms with Crippen LogP contribution in [0.3, 0.4) is 0 Å². The van der Waals surface area contributed by atoms with Crippen LogP contribution < -0.4 is 5.32 Å². The second-order valence-electron chi connectivity index (χ2n) is 3.14. The van der Waals surface area contributed by atoms with E-state index in [9.17, 15) is 4.79 Å². The first kappa shape index (κ1) is 8.53. The Hall–Kier alpha value is -0.570. The fraction of sp³-hybridized carbons (Fsp3) is 0.875. The summed E-state index contributed by atoms with van der Waals surface area (Å²) in [4.78, 5) is 10.2. The fourth-order valence-corrected chi connectivity index (χ4v) is 1.50. The molecule has 64 valence electrons. The Kier molecular flexibility index (Phi) is 3.36. The van der Waals surface area contributed by atoms with E-state index in [1.165, 1.54) is 6.42 Å². The van der Waals surface area contributed by atoms with E-state index in [0.29, 0.717) is 6.42 Å². The summed E-state index contributed by atoms with van der Waals surface area (Å²) in [6.07, 6.45) is 3.46. The van der Waals surface area contributed by atoms with Gasteiger partial charge in [0.2, 0.25) is 0 Å². The lowest BCUT2D eigenvalue weighted by atomic mass is 10.0. The van der Waals surface area contributed by atoms with Gasteiger partial charge in [-0.15, -0.1) is 0 Å². The quantitative estimate of drug-likeness (QED) is 0.636. The van der Waals surface area contributed by atoms with Crippen LogP contribution in [-0.2, 0) is 4.79 Å². The van der Waals surface area contributed by atoms with Crippen molar-refractivity contribution in [1.29, 1.82) is 0 Å². The topological polar surface area (TPSA) is 49.3 Å². The average molecular weight is 157 g/mol. The Bertz CT molecular complexity index is 130. The predicted octanol–water partition coefficient (Wildman–Crippen LogP) is 0.851. The van der Waals surface area contributed by atoms with Gasteiger partial charge in [-0.3, -0.25) is 4.79 Å². The maximum Gasteiger partial charge on any atom is 0.303 e. The van der Waals surface area contributed by atoms with E-state index in [-0.39, 0.29) is 0 Å².